The number of nitrogens with one attached hydrogen (secondary N) is 1. The number of nitro groups is 2. The molecule has 0 fully saturated rings. The van der Waals surface area contributed by atoms with E-state index in [4.69, 9.17) is 0 Å². The van der Waals surface area contributed by atoms with E-state index in [-0.39, 0.29) is 27.2 Å². The predicted octanol–water partition coefficient (Wildman–Crippen LogP) is 3.42. The molecule has 0 unspecified atom stereocenters. The van der Waals surface area contributed by atoms with Crippen molar-refractivity contribution in [2.45, 2.75) is 0 Å². The quantitative estimate of drug-likeness (QED) is 0.464. The molecule has 118 valence electrons. The van der Waals surface area contributed by atoms with E-state index >= 15 is 0 Å². The molecule has 0 saturated heterocycles. The van der Waals surface area contributed by atoms with Gasteiger partial charge < -0.3 is 5.11 Å². The standard InChI is InChI=1S/C13H9BrN4O5/c14-12-6-11(18(22)23)5-8(13(12)19)7-15-16-9-1-3-10(4-2-9)17(20)21/h1-7,16,19H. The molecule has 2 aromatic rings. The minimum Gasteiger partial charge on any atom is -0.506 e. The minimum atomic E-state index is -0.592. The van der Waals surface area contributed by atoms with Gasteiger partial charge in [-0.25, -0.2) is 0 Å². The van der Waals surface area contributed by atoms with Crippen LogP contribution in [0.25, 0.3) is 0 Å². The van der Waals surface area contributed by atoms with E-state index in [1.807, 2.05) is 0 Å². The van der Waals surface area contributed by atoms with Gasteiger partial charge in [-0.05, 0) is 28.1 Å². The zero-order valence-electron chi connectivity index (χ0n) is 11.3. The molecule has 0 aliphatic heterocycles. The second kappa shape index (κ2) is 6.83. The van der Waals surface area contributed by atoms with Gasteiger partial charge in [-0.2, -0.15) is 5.10 Å². The van der Waals surface area contributed by atoms with Crippen molar-refractivity contribution in [1.29, 1.82) is 0 Å². The van der Waals surface area contributed by atoms with Crippen LogP contribution in [0.3, 0.4) is 0 Å². The Morgan fingerprint density at radius 2 is 1.70 bits per heavy atom. The number of benzene rings is 2. The van der Waals surface area contributed by atoms with Crippen LogP contribution in [0, 0.1) is 20.2 Å². The molecular weight excluding hydrogens is 372 g/mol. The van der Waals surface area contributed by atoms with Crippen molar-refractivity contribution in [1.82, 2.24) is 0 Å². The van der Waals surface area contributed by atoms with Crippen molar-refractivity contribution in [3.8, 4) is 5.75 Å². The van der Waals surface area contributed by atoms with Gasteiger partial charge in [0.25, 0.3) is 11.4 Å². The Labute approximate surface area is 137 Å². The molecule has 2 rings (SSSR count). The number of hydrazone groups is 1. The number of aromatic hydroxyl groups is 1. The lowest BCUT2D eigenvalue weighted by Gasteiger charge is -2.03. The summed E-state index contributed by atoms with van der Waals surface area (Å²) < 4.78 is 0.170. The van der Waals surface area contributed by atoms with Crippen molar-refractivity contribution in [3.05, 3.63) is 66.7 Å². The summed E-state index contributed by atoms with van der Waals surface area (Å²) in [6.45, 7) is 0. The average Bonchev–Trinajstić information content (AvgIpc) is 2.51. The van der Waals surface area contributed by atoms with Crippen LogP contribution in [0.4, 0.5) is 17.1 Å². The lowest BCUT2D eigenvalue weighted by atomic mass is 10.2. The Morgan fingerprint density at radius 1 is 1.09 bits per heavy atom. The van der Waals surface area contributed by atoms with Gasteiger partial charge in [0.2, 0.25) is 0 Å². The van der Waals surface area contributed by atoms with Crippen LogP contribution < -0.4 is 5.43 Å². The lowest BCUT2D eigenvalue weighted by molar-refractivity contribution is -0.385. The number of hydrogen-bond donors (Lipinski definition) is 2. The molecule has 9 nitrogen and oxygen atoms in total. The Bertz CT molecular complexity index is 792. The van der Waals surface area contributed by atoms with Gasteiger partial charge >= 0.3 is 0 Å². The van der Waals surface area contributed by atoms with Gasteiger partial charge in [-0.1, -0.05) is 0 Å². The Morgan fingerprint density at radius 3 is 2.26 bits per heavy atom. The SMILES string of the molecule is O=[N+]([O-])c1ccc(NN=Cc2cc([N+](=O)[O-])cc(Br)c2O)cc1. The molecule has 0 radical (unpaired) electrons. The number of phenols is 1. The molecule has 0 aromatic heterocycles. The van der Waals surface area contributed by atoms with Crippen LogP contribution in [0.5, 0.6) is 5.75 Å². The third kappa shape index (κ3) is 4.01. The molecule has 10 heteroatoms. The highest BCUT2D eigenvalue weighted by atomic mass is 79.9. The number of rotatable bonds is 5. The van der Waals surface area contributed by atoms with E-state index in [1.54, 1.807) is 0 Å². The molecule has 0 bridgehead atoms. The van der Waals surface area contributed by atoms with Gasteiger partial charge in [0.1, 0.15) is 5.75 Å². The first-order valence-electron chi connectivity index (χ1n) is 6.09. The van der Waals surface area contributed by atoms with Gasteiger partial charge in [0.05, 0.1) is 26.2 Å². The number of halogens is 1. The maximum atomic E-state index is 10.8. The van der Waals surface area contributed by atoms with E-state index in [9.17, 15) is 25.3 Å². The fourth-order valence-corrected chi connectivity index (χ4v) is 2.11. The maximum absolute atomic E-state index is 10.8. The molecule has 0 heterocycles. The number of non-ortho nitro benzene ring substituents is 2. The maximum Gasteiger partial charge on any atom is 0.271 e. The van der Waals surface area contributed by atoms with Crippen LogP contribution >= 0.6 is 15.9 Å². The number of anilines is 1. The largest absolute Gasteiger partial charge is 0.506 e. The topological polar surface area (TPSA) is 131 Å². The van der Waals surface area contributed by atoms with E-state index in [0.29, 0.717) is 5.69 Å². The third-order valence-corrected chi connectivity index (χ3v) is 3.37. The monoisotopic (exact) mass is 380 g/mol. The highest BCUT2D eigenvalue weighted by Gasteiger charge is 2.13. The highest BCUT2D eigenvalue weighted by Crippen LogP contribution is 2.31. The summed E-state index contributed by atoms with van der Waals surface area (Å²) in [5.74, 6) is -0.190. The van der Waals surface area contributed by atoms with Gasteiger partial charge in [-0.3, -0.25) is 25.7 Å². The summed E-state index contributed by atoms with van der Waals surface area (Å²) in [7, 11) is 0. The molecule has 0 saturated carbocycles. The number of nitro benzene ring substituents is 2. The van der Waals surface area contributed by atoms with Crippen molar-refractivity contribution in [2.75, 3.05) is 5.43 Å². The number of hydrogen-bond acceptors (Lipinski definition) is 7. The summed E-state index contributed by atoms with van der Waals surface area (Å²) in [5.41, 5.74) is 2.97. The molecule has 2 N–H and O–H groups in total. The molecule has 0 aliphatic carbocycles. The second-order valence-electron chi connectivity index (χ2n) is 4.30. The summed E-state index contributed by atoms with van der Waals surface area (Å²) in [4.78, 5) is 20.2. The zero-order chi connectivity index (χ0) is 17.0. The summed E-state index contributed by atoms with van der Waals surface area (Å²) in [6, 6.07) is 7.87. The lowest BCUT2D eigenvalue weighted by Crippen LogP contribution is -1.94. The highest BCUT2D eigenvalue weighted by molar-refractivity contribution is 9.10. The molecule has 0 amide bonds. The first kappa shape index (κ1) is 16.4. The number of phenolic OH excluding ortho intramolecular Hbond substituents is 1. The first-order valence-corrected chi connectivity index (χ1v) is 6.88. The molecule has 23 heavy (non-hydrogen) atoms. The molecule has 2 aromatic carbocycles. The van der Waals surface area contributed by atoms with E-state index in [2.05, 4.69) is 26.5 Å². The van der Waals surface area contributed by atoms with Crippen LogP contribution in [0.2, 0.25) is 0 Å². The predicted molar refractivity (Wildman–Crippen MR) is 86.8 cm³/mol. The Kier molecular flexibility index (Phi) is 4.86. The van der Waals surface area contributed by atoms with Crippen molar-refractivity contribution in [2.24, 2.45) is 5.10 Å². The van der Waals surface area contributed by atoms with Gasteiger partial charge in [0.15, 0.2) is 0 Å². The smallest absolute Gasteiger partial charge is 0.271 e. The van der Waals surface area contributed by atoms with E-state index in [1.165, 1.54) is 42.6 Å². The van der Waals surface area contributed by atoms with Crippen LogP contribution in [0.15, 0.2) is 46.0 Å². The molecule has 0 spiro atoms. The zero-order valence-corrected chi connectivity index (χ0v) is 12.9. The van der Waals surface area contributed by atoms with Crippen molar-refractivity contribution >= 4 is 39.2 Å². The van der Waals surface area contributed by atoms with E-state index in [0.717, 1.165) is 0 Å². The number of nitrogens with zero attached hydrogens (tertiary/aromatic N) is 3. The fourth-order valence-electron chi connectivity index (χ4n) is 1.64. The molecule has 0 aliphatic rings. The van der Waals surface area contributed by atoms with Crippen LogP contribution in [0.1, 0.15) is 5.56 Å². The van der Waals surface area contributed by atoms with Crippen LogP contribution in [-0.4, -0.2) is 21.2 Å². The Hall–Kier alpha value is -3.01. The average molecular weight is 381 g/mol. The fraction of sp³-hybridized carbons (Fsp3) is 0. The van der Waals surface area contributed by atoms with Crippen molar-refractivity contribution < 1.29 is 15.0 Å². The van der Waals surface area contributed by atoms with Gasteiger partial charge in [-0.15, -0.1) is 0 Å². The second-order valence-corrected chi connectivity index (χ2v) is 5.15. The third-order valence-electron chi connectivity index (χ3n) is 2.76. The normalized spacial score (nSPS) is 10.7. The van der Waals surface area contributed by atoms with E-state index < -0.39 is 9.85 Å². The minimum absolute atomic E-state index is 0.0558. The molecule has 0 atom stereocenters. The summed E-state index contributed by atoms with van der Waals surface area (Å²) in [5, 5.41) is 35.0. The van der Waals surface area contributed by atoms with Crippen molar-refractivity contribution in [3.63, 3.8) is 0 Å². The summed E-state index contributed by atoms with van der Waals surface area (Å²) >= 11 is 3.02. The Balaban J connectivity index is 2.17. The molecular formula is C13H9BrN4O5. The van der Waals surface area contributed by atoms with Crippen LogP contribution in [-0.2, 0) is 0 Å². The first-order chi connectivity index (χ1) is 10.9. The summed E-state index contributed by atoms with van der Waals surface area (Å²) in [6.07, 6.45) is 1.20. The van der Waals surface area contributed by atoms with Gasteiger partial charge in [0, 0.05) is 29.8 Å².